The fourth-order valence-electron chi connectivity index (χ4n) is 14.1. The van der Waals surface area contributed by atoms with Crippen molar-refractivity contribution < 1.29 is 170 Å². The van der Waals surface area contributed by atoms with E-state index in [-0.39, 0.29) is 87.3 Å². The number of sulfone groups is 6. The minimum Gasteiger partial charge on any atom is -0.466 e. The van der Waals surface area contributed by atoms with Gasteiger partial charge in [0, 0.05) is 0 Å². The van der Waals surface area contributed by atoms with E-state index in [0.29, 0.717) is 71.9 Å². The predicted octanol–water partition coefficient (Wildman–Crippen LogP) is 24.2. The van der Waals surface area contributed by atoms with Gasteiger partial charge < -0.3 is 35.4 Å². The molecule has 1 fully saturated rings. The van der Waals surface area contributed by atoms with E-state index in [1.165, 1.54) is 66.7 Å². The maximum atomic E-state index is 13.0. The fourth-order valence-corrected chi connectivity index (χ4v) is 23.6. The number of hydrogen-bond acceptors (Lipinski definition) is 20. The van der Waals surface area contributed by atoms with Crippen molar-refractivity contribution in [2.45, 2.75) is 244 Å². The van der Waals surface area contributed by atoms with E-state index in [4.69, 9.17) is 27.9 Å². The highest BCUT2D eigenvalue weighted by Gasteiger charge is 2.56. The van der Waals surface area contributed by atoms with Gasteiger partial charge in [0.15, 0.2) is 33.6 Å². The van der Waals surface area contributed by atoms with Gasteiger partial charge in [-0.2, -0.15) is 79.0 Å². The Morgan fingerprint density at radius 1 is 0.273 bits per heavy atom. The number of carbonyl (C=O) groups excluding carboxylic acids is 1. The molecule has 6 N–H and O–H groups in total. The molecule has 1 aliphatic carbocycles. The molecule has 6 atom stereocenters. The summed E-state index contributed by atoms with van der Waals surface area (Å²) in [6.45, 7) is 12.8. The monoisotopic (exact) mass is 2270 g/mol. The van der Waals surface area contributed by atoms with Crippen LogP contribution < -0.4 is 0 Å². The number of halogens is 20. The van der Waals surface area contributed by atoms with Gasteiger partial charge in [-0.05, 0) is 283 Å². The Kier molecular flexibility index (Phi) is 38.4. The molecule has 1 unspecified atom stereocenters. The number of alkyl halides is 18. The van der Waals surface area contributed by atoms with Crippen molar-refractivity contribution in [1.82, 2.24) is 0 Å². The smallest absolute Gasteiger partial charge is 0.421 e. The van der Waals surface area contributed by atoms with E-state index in [2.05, 4.69) is 0 Å². The first-order valence-electron chi connectivity index (χ1n) is 44.5. The van der Waals surface area contributed by atoms with Crippen molar-refractivity contribution in [3.05, 3.63) is 357 Å². The van der Waals surface area contributed by atoms with Gasteiger partial charge in [0.25, 0.3) is 0 Å². The number of aliphatic hydroxyl groups is 6. The Morgan fingerprint density at radius 2 is 0.467 bits per heavy atom. The largest absolute Gasteiger partial charge is 0.466 e. The maximum Gasteiger partial charge on any atom is 0.421 e. The van der Waals surface area contributed by atoms with Crippen LogP contribution in [0.15, 0.2) is 350 Å². The number of esters is 1. The van der Waals surface area contributed by atoms with Crippen molar-refractivity contribution in [2.75, 3.05) is 6.61 Å². The van der Waals surface area contributed by atoms with E-state index in [9.17, 15) is 165 Å². The molecule has 0 spiro atoms. The number of hydrogen-bond donors (Lipinski definition) is 6. The molecule has 0 bridgehead atoms. The van der Waals surface area contributed by atoms with Crippen molar-refractivity contribution >= 4 is 88.2 Å². The lowest BCUT2D eigenvalue weighted by atomic mass is 9.86. The summed E-state index contributed by atoms with van der Waals surface area (Å²) in [4.78, 5) is 11.2. The summed E-state index contributed by atoms with van der Waals surface area (Å²) in [6, 6.07) is 61.2. The van der Waals surface area contributed by atoms with Gasteiger partial charge >= 0.3 is 43.0 Å². The summed E-state index contributed by atoms with van der Waals surface area (Å²) in [5.74, 6) is -0.141. The second-order valence-electron chi connectivity index (χ2n) is 35.6. The zero-order chi connectivity index (χ0) is 113. The third kappa shape index (κ3) is 27.9. The van der Waals surface area contributed by atoms with Crippen LogP contribution in [0.1, 0.15) is 151 Å². The number of aryl methyl sites for hydroxylation is 2. The van der Waals surface area contributed by atoms with E-state index in [0.717, 1.165) is 170 Å². The van der Waals surface area contributed by atoms with E-state index >= 15 is 0 Å². The van der Waals surface area contributed by atoms with Gasteiger partial charge in [-0.15, -0.1) is 0 Å². The Bertz CT molecular complexity index is 7190. The number of carbonyl (C=O) groups is 1. The molecule has 0 radical (unpaired) electrons. The quantitative estimate of drug-likeness (QED) is 0.0229. The molecule has 150 heavy (non-hydrogen) atoms. The Morgan fingerprint density at radius 3 is 0.687 bits per heavy atom. The number of ether oxygens (including phenoxy) is 1. The summed E-state index contributed by atoms with van der Waals surface area (Å²) < 4.78 is 388. The van der Waals surface area contributed by atoms with Crippen molar-refractivity contribution in [3.8, 4) is 0 Å². The van der Waals surface area contributed by atoms with E-state index in [1.807, 2.05) is 13.8 Å². The molecule has 1 saturated carbocycles. The molecule has 0 aromatic heterocycles. The maximum absolute atomic E-state index is 13.0. The molecular formula is C104H100Cl2F18O20S6. The lowest BCUT2D eigenvalue weighted by Gasteiger charge is -2.26. The highest BCUT2D eigenvalue weighted by atomic mass is 35.5. The topological polar surface area (TPSA) is 353 Å². The molecule has 0 aliphatic heterocycles. The van der Waals surface area contributed by atoms with Crippen LogP contribution in [-0.4, -0.2) is 131 Å². The summed E-state index contributed by atoms with van der Waals surface area (Å²) in [6.07, 6.45) is -26.0. The van der Waals surface area contributed by atoms with Crippen LogP contribution in [0, 0.1) is 5.41 Å². The highest BCUT2D eigenvalue weighted by molar-refractivity contribution is 7.93. The van der Waals surface area contributed by atoms with Crippen LogP contribution in [0.25, 0.3) is 0 Å². The average Bonchev–Trinajstić information content (AvgIpc) is 1.49. The standard InChI is InChI=1S/C22H25F3O5S.C18H17F3O3S.2C17H17F3O3S.2C15H12ClF3O3S/c1-5-30-19(26)20(2,3)14-15-6-10-17(11-7-15)31(28,29)18-12-8-16(9-13-18)21(4,27)22(23,24)25;1-17(22,18(19,20)21)13-8-10-14(11-9-13)25(23,24)16-5-3-2-4-15(16)12-6-7-12;2*1-3-12-6-4-5-7-15(12)24(22,23)14-10-8-13(9-11-14)16(2,21)17(18,19)20;2*1-14(20,15(17,18)19)10-6-8-11(9-7-10)23(21,22)13-5-3-2-4-12(13)16/h6-13,27H,5,14H2,1-4H3;2-5,8-12,22H,6-7H2,1H3;2*4-11,21H,3H2,1-2H3;2*2-9,20H,1H3/t;17-;2*16-;2*14-/m.11010/s1. The Labute approximate surface area is 864 Å². The minimum atomic E-state index is -4.90. The first-order valence-corrected chi connectivity index (χ1v) is 54.2. The van der Waals surface area contributed by atoms with Gasteiger partial charge in [0.1, 0.15) is 0 Å². The SMILES string of the molecule is CCOC(=O)C(C)(C)Cc1ccc(S(=O)(=O)c2ccc(C(C)(O)C(F)(F)F)cc2)cc1.CCc1ccccc1S(=O)(=O)c1ccc([C@@](C)(O)C(F)(F)F)cc1.CCc1ccccc1S(=O)(=O)c1ccc([C@](C)(O)C(F)(F)F)cc1.C[C@@](O)(c1ccc(S(=O)(=O)c2ccccc2C2CC2)cc1)C(F)(F)F.C[C@@](O)(c1ccc(S(=O)(=O)c2ccccc2Cl)cc1)C(F)(F)F.C[C@](O)(c1ccc(S(=O)(=O)c2ccccc2Cl)cc1)C(F)(F)F. The molecule has 812 valence electrons. The van der Waals surface area contributed by atoms with Crippen LogP contribution in [0.2, 0.25) is 10.0 Å². The minimum absolute atomic E-state index is 0.0128. The molecule has 12 aromatic carbocycles. The van der Waals surface area contributed by atoms with Gasteiger partial charge in [0.05, 0.1) is 80.8 Å². The third-order valence-electron chi connectivity index (χ3n) is 24.1. The predicted molar refractivity (Wildman–Crippen MR) is 519 cm³/mol. The van der Waals surface area contributed by atoms with Gasteiger partial charge in [-0.25, -0.2) is 50.5 Å². The third-order valence-corrected chi connectivity index (χ3v) is 36.1. The van der Waals surface area contributed by atoms with Crippen molar-refractivity contribution in [1.29, 1.82) is 0 Å². The van der Waals surface area contributed by atoms with Crippen molar-refractivity contribution in [3.63, 3.8) is 0 Å². The Hall–Kier alpha value is -11.1. The molecule has 0 heterocycles. The van der Waals surface area contributed by atoms with E-state index in [1.54, 1.807) is 99.6 Å². The number of rotatable bonds is 25. The summed E-state index contributed by atoms with van der Waals surface area (Å²) >= 11 is 11.7. The zero-order valence-corrected chi connectivity index (χ0v) is 87.4. The molecular weight excluding hydrogens is 2170 g/mol. The lowest BCUT2D eigenvalue weighted by Crippen LogP contribution is -2.39. The van der Waals surface area contributed by atoms with Gasteiger partial charge in [0.2, 0.25) is 59.0 Å². The first kappa shape index (κ1) is 124. The summed E-state index contributed by atoms with van der Waals surface area (Å²) in [5.41, 5.74) is -19.0. The molecule has 1 aliphatic rings. The molecule has 0 amide bonds. The molecule has 0 saturated heterocycles. The molecule has 12 aromatic rings. The van der Waals surface area contributed by atoms with Crippen LogP contribution in [-0.2, 0) is 121 Å². The molecule has 20 nitrogen and oxygen atoms in total. The van der Waals surface area contributed by atoms with Crippen LogP contribution in [0.3, 0.4) is 0 Å². The average molecular weight is 2280 g/mol. The normalized spacial score (nSPS) is 15.5. The number of benzene rings is 12. The molecule has 46 heteroatoms. The second-order valence-corrected chi connectivity index (χ2v) is 48.0. The van der Waals surface area contributed by atoms with Crippen LogP contribution in [0.4, 0.5) is 79.0 Å². The molecule has 13 rings (SSSR count). The summed E-state index contributed by atoms with van der Waals surface area (Å²) in [7, 11) is -23.4. The van der Waals surface area contributed by atoms with Gasteiger partial charge in [-0.3, -0.25) is 4.79 Å². The Balaban J connectivity index is 0.000000220. The van der Waals surface area contributed by atoms with Crippen LogP contribution >= 0.6 is 23.2 Å². The van der Waals surface area contributed by atoms with Gasteiger partial charge in [-0.1, -0.05) is 201 Å². The second kappa shape index (κ2) is 46.4. The van der Waals surface area contributed by atoms with Crippen LogP contribution in [0.5, 0.6) is 0 Å². The lowest BCUT2D eigenvalue weighted by molar-refractivity contribution is -0.259. The van der Waals surface area contributed by atoms with E-state index < -0.39 is 168 Å². The summed E-state index contributed by atoms with van der Waals surface area (Å²) in [5, 5.41) is 57.9. The highest BCUT2D eigenvalue weighted by Crippen LogP contribution is 2.49. The van der Waals surface area contributed by atoms with Crippen molar-refractivity contribution in [2.24, 2.45) is 5.41 Å². The zero-order valence-electron chi connectivity index (χ0n) is 80.9. The first-order chi connectivity index (χ1) is 68.7. The fraction of sp³-hybridized carbons (Fsp3) is 0.298.